The Morgan fingerprint density at radius 3 is 2.25 bits per heavy atom. The van der Waals surface area contributed by atoms with Crippen molar-refractivity contribution in [3.8, 4) is 0 Å². The second kappa shape index (κ2) is 6.00. The molecule has 0 saturated carbocycles. The van der Waals surface area contributed by atoms with Gasteiger partial charge in [-0.15, -0.1) is 0 Å². The summed E-state index contributed by atoms with van der Waals surface area (Å²) in [5.74, 6) is 0. The number of hydrogen-bond donors (Lipinski definition) is 0. The molecule has 1 atom stereocenters. The molecule has 0 aliphatic rings. The summed E-state index contributed by atoms with van der Waals surface area (Å²) in [4.78, 5) is 0. The molecule has 0 heterocycles. The van der Waals surface area contributed by atoms with E-state index in [0.29, 0.717) is 0 Å². The zero-order valence-corrected chi connectivity index (χ0v) is 11.0. The van der Waals surface area contributed by atoms with Crippen LogP contribution in [-0.2, 0) is 4.74 Å². The van der Waals surface area contributed by atoms with Gasteiger partial charge in [0.15, 0.2) is 0 Å². The molecular formula is C10H20OTe. The van der Waals surface area contributed by atoms with Crippen LogP contribution in [0.5, 0.6) is 0 Å². The van der Waals surface area contributed by atoms with Gasteiger partial charge in [0.25, 0.3) is 0 Å². The monoisotopic (exact) mass is 286 g/mol. The molecule has 0 amide bonds. The third kappa shape index (κ3) is 4.48. The van der Waals surface area contributed by atoms with Crippen molar-refractivity contribution in [3.05, 3.63) is 0 Å². The second-order valence-corrected chi connectivity index (χ2v) is 4.68. The van der Waals surface area contributed by atoms with Crippen LogP contribution >= 0.6 is 0 Å². The Morgan fingerprint density at radius 2 is 1.92 bits per heavy atom. The Morgan fingerprint density at radius 1 is 1.33 bits per heavy atom. The van der Waals surface area contributed by atoms with Crippen LogP contribution in [-0.4, -0.2) is 31.2 Å². The van der Waals surface area contributed by atoms with Gasteiger partial charge in [-0.05, 0) is 0 Å². The molecule has 0 aliphatic heterocycles. The Labute approximate surface area is 89.3 Å². The second-order valence-electron chi connectivity index (χ2n) is 3.38. The summed E-state index contributed by atoms with van der Waals surface area (Å²) in [5.41, 5.74) is 0.0807. The van der Waals surface area contributed by atoms with Gasteiger partial charge < -0.3 is 0 Å². The molecule has 1 nitrogen and oxygen atoms in total. The number of ether oxygens (including phenoxy) is 1. The van der Waals surface area contributed by atoms with Crippen LogP contribution in [0.1, 0.15) is 53.4 Å². The molecule has 0 saturated heterocycles. The van der Waals surface area contributed by atoms with Gasteiger partial charge in [0.1, 0.15) is 0 Å². The predicted molar refractivity (Wildman–Crippen MR) is 55.7 cm³/mol. The maximum absolute atomic E-state index is 5.90. The SMILES string of the molecule is CCCC(C)(CC)OC(=[Te])CC. The summed E-state index contributed by atoms with van der Waals surface area (Å²) in [6, 6.07) is 0. The molecule has 0 rings (SSSR count). The Balaban J connectivity index is 4.03. The van der Waals surface area contributed by atoms with Crippen LogP contribution in [0.2, 0.25) is 0 Å². The molecule has 72 valence electrons. The minimum atomic E-state index is 0.0807. The molecule has 0 spiro atoms. The van der Waals surface area contributed by atoms with Crippen molar-refractivity contribution in [3.63, 3.8) is 0 Å². The first-order chi connectivity index (χ1) is 5.58. The average molecular weight is 284 g/mol. The van der Waals surface area contributed by atoms with E-state index in [1.165, 1.54) is 10.2 Å². The molecule has 0 N–H and O–H groups in total. The van der Waals surface area contributed by atoms with E-state index in [0.717, 1.165) is 19.3 Å². The summed E-state index contributed by atoms with van der Waals surface area (Å²) in [6.45, 7) is 8.75. The number of rotatable bonds is 6. The zero-order valence-electron chi connectivity index (χ0n) is 8.64. The van der Waals surface area contributed by atoms with E-state index in [4.69, 9.17) is 4.74 Å². The van der Waals surface area contributed by atoms with Crippen LogP contribution in [0.3, 0.4) is 0 Å². The van der Waals surface area contributed by atoms with Crippen molar-refractivity contribution in [2.75, 3.05) is 0 Å². The fraction of sp³-hybridized carbons (Fsp3) is 0.900. The molecule has 0 bridgehead atoms. The molecule has 0 aromatic rings. The van der Waals surface area contributed by atoms with E-state index in [9.17, 15) is 0 Å². The van der Waals surface area contributed by atoms with Crippen LogP contribution < -0.4 is 0 Å². The molecule has 1 unspecified atom stereocenters. The van der Waals surface area contributed by atoms with E-state index in [1.807, 2.05) is 21.8 Å². The van der Waals surface area contributed by atoms with Crippen molar-refractivity contribution in [2.24, 2.45) is 0 Å². The third-order valence-electron chi connectivity index (χ3n) is 2.18. The van der Waals surface area contributed by atoms with Crippen LogP contribution in [0.25, 0.3) is 0 Å². The summed E-state index contributed by atoms with van der Waals surface area (Å²) in [5, 5.41) is 0. The van der Waals surface area contributed by atoms with Gasteiger partial charge in [0.05, 0.1) is 0 Å². The number of hydrogen-bond acceptors (Lipinski definition) is 1. The van der Waals surface area contributed by atoms with Crippen molar-refractivity contribution in [1.29, 1.82) is 0 Å². The maximum atomic E-state index is 5.90. The van der Waals surface area contributed by atoms with E-state index in [1.54, 1.807) is 0 Å². The molecule has 0 aromatic carbocycles. The van der Waals surface area contributed by atoms with Crippen molar-refractivity contribution in [1.82, 2.24) is 0 Å². The summed E-state index contributed by atoms with van der Waals surface area (Å²) in [6.07, 6.45) is 4.48. The molecule has 0 aromatic heterocycles. The zero-order chi connectivity index (χ0) is 9.61. The fourth-order valence-corrected chi connectivity index (χ4v) is 1.75. The molecule has 12 heavy (non-hydrogen) atoms. The quantitative estimate of drug-likeness (QED) is 0.681. The van der Waals surface area contributed by atoms with E-state index < -0.39 is 0 Å². The van der Waals surface area contributed by atoms with Gasteiger partial charge in [-0.2, -0.15) is 0 Å². The molecular weight excluding hydrogens is 264 g/mol. The van der Waals surface area contributed by atoms with Gasteiger partial charge in [-0.1, -0.05) is 0 Å². The molecule has 0 aliphatic carbocycles. The summed E-state index contributed by atoms with van der Waals surface area (Å²) >= 11 is 2.00. The van der Waals surface area contributed by atoms with Gasteiger partial charge in [0.2, 0.25) is 0 Å². The van der Waals surface area contributed by atoms with Gasteiger partial charge in [-0.25, -0.2) is 0 Å². The van der Waals surface area contributed by atoms with Crippen molar-refractivity contribution < 1.29 is 4.74 Å². The predicted octanol–water partition coefficient (Wildman–Crippen LogP) is 2.68. The van der Waals surface area contributed by atoms with E-state index in [-0.39, 0.29) is 5.60 Å². The van der Waals surface area contributed by atoms with Crippen LogP contribution in [0, 0.1) is 0 Å². The first-order valence-electron chi connectivity index (χ1n) is 4.79. The molecule has 2 heteroatoms. The van der Waals surface area contributed by atoms with Gasteiger partial charge in [0, 0.05) is 0 Å². The topological polar surface area (TPSA) is 9.23 Å². The third-order valence-corrected chi connectivity index (χ3v) is 3.24. The summed E-state index contributed by atoms with van der Waals surface area (Å²) < 4.78 is 7.07. The van der Waals surface area contributed by atoms with Gasteiger partial charge >= 0.3 is 89.3 Å². The standard InChI is InChI=1S/C10H20OTe/c1-5-8-10(4,7-3)11-9(12)6-2/h5-8H2,1-4H3. The van der Waals surface area contributed by atoms with Crippen molar-refractivity contribution in [2.45, 2.75) is 59.0 Å². The average Bonchev–Trinajstić information content (AvgIpc) is 2.05. The van der Waals surface area contributed by atoms with E-state index >= 15 is 0 Å². The van der Waals surface area contributed by atoms with Gasteiger partial charge in [-0.3, -0.25) is 0 Å². The molecule has 0 fully saturated rings. The van der Waals surface area contributed by atoms with Crippen LogP contribution in [0.15, 0.2) is 0 Å². The fourth-order valence-electron chi connectivity index (χ4n) is 1.18. The summed E-state index contributed by atoms with van der Waals surface area (Å²) in [7, 11) is 0. The minimum absolute atomic E-state index is 0.0807. The van der Waals surface area contributed by atoms with Crippen LogP contribution in [0.4, 0.5) is 0 Å². The van der Waals surface area contributed by atoms with E-state index in [2.05, 4.69) is 27.7 Å². The Kier molecular flexibility index (Phi) is 6.23. The first-order valence-corrected chi connectivity index (χ1v) is 5.96. The normalized spacial score (nSPS) is 15.3. The molecule has 0 radical (unpaired) electrons. The Hall–Kier alpha value is 0.460. The Bertz CT molecular complexity index is 145. The van der Waals surface area contributed by atoms with Crippen molar-refractivity contribution >= 4 is 25.6 Å². The first kappa shape index (κ1) is 12.5.